The fraction of sp³-hybridized carbons (Fsp3) is 0.524. The van der Waals surface area contributed by atoms with E-state index in [0.717, 1.165) is 25.8 Å². The molecule has 0 amide bonds. The van der Waals surface area contributed by atoms with Gasteiger partial charge in [-0.15, -0.1) is 0 Å². The molecule has 2 atom stereocenters. The Labute approximate surface area is 168 Å². The summed E-state index contributed by atoms with van der Waals surface area (Å²) in [4.78, 5) is 26.3. The van der Waals surface area contributed by atoms with Gasteiger partial charge in [0.2, 0.25) is 5.43 Å². The Kier molecular flexibility index (Phi) is 5.42. The minimum Gasteiger partial charge on any atom is -0.477 e. The normalized spacial score (nSPS) is 21.4. The first-order chi connectivity index (χ1) is 13.9. The Hall–Kier alpha value is -2.29. The van der Waals surface area contributed by atoms with Gasteiger partial charge in [-0.25, -0.2) is 9.18 Å². The minimum absolute atomic E-state index is 0.0223. The lowest BCUT2D eigenvalue weighted by Gasteiger charge is -2.38. The van der Waals surface area contributed by atoms with Crippen molar-refractivity contribution < 1.29 is 19.0 Å². The molecule has 156 valence electrons. The van der Waals surface area contributed by atoms with Gasteiger partial charge in [0.1, 0.15) is 17.6 Å². The third-order valence-electron chi connectivity index (χ3n) is 5.93. The summed E-state index contributed by atoms with van der Waals surface area (Å²) in [5.74, 6) is -1.78. The van der Waals surface area contributed by atoms with E-state index in [1.807, 2.05) is 4.57 Å². The Morgan fingerprint density at radius 2 is 2.17 bits per heavy atom. The summed E-state index contributed by atoms with van der Waals surface area (Å²) in [5, 5.41) is 12.9. The van der Waals surface area contributed by atoms with E-state index in [4.69, 9.17) is 4.74 Å². The molecule has 1 aromatic carbocycles. The summed E-state index contributed by atoms with van der Waals surface area (Å²) >= 11 is 0. The van der Waals surface area contributed by atoms with Crippen LogP contribution in [0.2, 0.25) is 0 Å². The lowest BCUT2D eigenvalue weighted by atomic mass is 10.00. The first kappa shape index (κ1) is 20.0. The van der Waals surface area contributed by atoms with E-state index in [1.165, 1.54) is 12.3 Å². The summed E-state index contributed by atoms with van der Waals surface area (Å²) in [6.45, 7) is 4.16. The third-order valence-corrected chi connectivity index (χ3v) is 5.93. The molecule has 0 bridgehead atoms. The molecule has 4 rings (SSSR count). The average Bonchev–Trinajstić information content (AvgIpc) is 3.54. The second-order valence-electron chi connectivity index (χ2n) is 7.81. The number of piperazine rings is 1. The maximum Gasteiger partial charge on any atom is 0.341 e. The molecule has 1 saturated heterocycles. The summed E-state index contributed by atoms with van der Waals surface area (Å²) in [5.41, 5.74) is 0.129. The summed E-state index contributed by atoms with van der Waals surface area (Å²) in [7, 11) is 1.68. The molecule has 2 fully saturated rings. The monoisotopic (exact) mass is 403 g/mol. The highest BCUT2D eigenvalue weighted by molar-refractivity contribution is 5.92. The number of aromatic nitrogens is 1. The Balaban J connectivity index is 1.79. The maximum absolute atomic E-state index is 15.1. The molecule has 1 aliphatic carbocycles. The van der Waals surface area contributed by atoms with Gasteiger partial charge in [0.05, 0.1) is 5.52 Å². The zero-order chi connectivity index (χ0) is 20.7. The number of hydrogen-bond donors (Lipinski definition) is 2. The summed E-state index contributed by atoms with van der Waals surface area (Å²) in [6, 6.07) is 2.83. The van der Waals surface area contributed by atoms with E-state index in [1.54, 1.807) is 13.2 Å². The number of carbonyl (C=O) groups is 1. The van der Waals surface area contributed by atoms with Gasteiger partial charge in [-0.05, 0) is 31.4 Å². The van der Waals surface area contributed by atoms with Crippen LogP contribution in [0.15, 0.2) is 23.1 Å². The third kappa shape index (κ3) is 3.68. The predicted molar refractivity (Wildman–Crippen MR) is 107 cm³/mol. The number of aromatic carboxylic acids is 1. The van der Waals surface area contributed by atoms with Crippen LogP contribution in [0.3, 0.4) is 0 Å². The van der Waals surface area contributed by atoms with Gasteiger partial charge in [-0.3, -0.25) is 9.69 Å². The number of hydrogen-bond acceptors (Lipinski definition) is 5. The van der Waals surface area contributed by atoms with Crippen molar-refractivity contribution in [2.75, 3.05) is 26.7 Å². The van der Waals surface area contributed by atoms with E-state index >= 15 is 4.39 Å². The van der Waals surface area contributed by atoms with E-state index < -0.39 is 17.2 Å². The quantitative estimate of drug-likeness (QED) is 0.771. The SMILES string of the molecule is CCC(OC)N1CCNC(c2cc3c(cc2F)c(=O)c(C(=O)O)cn3C2CC2)C1. The van der Waals surface area contributed by atoms with E-state index in [9.17, 15) is 14.7 Å². The molecule has 2 unspecified atom stereocenters. The fourth-order valence-electron chi connectivity index (χ4n) is 4.28. The van der Waals surface area contributed by atoms with E-state index in [2.05, 4.69) is 17.1 Å². The van der Waals surface area contributed by atoms with Gasteiger partial charge in [-0.1, -0.05) is 6.92 Å². The zero-order valence-electron chi connectivity index (χ0n) is 16.7. The molecule has 2 N–H and O–H groups in total. The standard InChI is InChI=1S/C21H26FN3O4/c1-3-19(29-2)24-7-6-23-17(11-24)13-9-18-14(8-16(13)22)20(26)15(21(27)28)10-25(18)12-4-5-12/h8-10,12,17,19,23H,3-7,11H2,1-2H3,(H,27,28). The number of halogens is 1. The highest BCUT2D eigenvalue weighted by atomic mass is 19.1. The van der Waals surface area contributed by atoms with Gasteiger partial charge in [0.15, 0.2) is 0 Å². The molecule has 0 spiro atoms. The topological polar surface area (TPSA) is 83.8 Å². The molecular weight excluding hydrogens is 377 g/mol. The Morgan fingerprint density at radius 3 is 2.79 bits per heavy atom. The number of nitrogens with one attached hydrogen (secondary N) is 1. The van der Waals surface area contributed by atoms with Crippen molar-refractivity contribution in [3.05, 3.63) is 45.5 Å². The molecular formula is C21H26FN3O4. The van der Waals surface area contributed by atoms with Gasteiger partial charge in [0, 0.05) is 56.0 Å². The Bertz CT molecular complexity index is 998. The second kappa shape index (κ2) is 7.85. The smallest absolute Gasteiger partial charge is 0.341 e. The van der Waals surface area contributed by atoms with Crippen LogP contribution < -0.4 is 10.7 Å². The van der Waals surface area contributed by atoms with Crippen molar-refractivity contribution in [1.29, 1.82) is 0 Å². The molecule has 2 heterocycles. The van der Waals surface area contributed by atoms with Crippen LogP contribution >= 0.6 is 0 Å². The zero-order valence-corrected chi connectivity index (χ0v) is 16.7. The molecule has 1 aliphatic heterocycles. The number of carboxylic acid groups (broad SMARTS) is 1. The molecule has 8 heteroatoms. The largest absolute Gasteiger partial charge is 0.477 e. The van der Waals surface area contributed by atoms with Crippen molar-refractivity contribution in [2.45, 2.75) is 44.5 Å². The number of methoxy groups -OCH3 is 1. The number of carboxylic acids is 1. The number of nitrogens with zero attached hydrogens (tertiary/aromatic N) is 2. The van der Waals surface area contributed by atoms with Crippen LogP contribution in [0, 0.1) is 5.82 Å². The number of ether oxygens (including phenoxy) is 1. The van der Waals surface area contributed by atoms with Gasteiger partial charge < -0.3 is 19.7 Å². The van der Waals surface area contributed by atoms with Gasteiger partial charge >= 0.3 is 5.97 Å². The number of benzene rings is 1. The number of rotatable bonds is 6. The number of pyridine rings is 1. The molecule has 2 aromatic rings. The molecule has 1 saturated carbocycles. The molecule has 0 radical (unpaired) electrons. The first-order valence-electron chi connectivity index (χ1n) is 10.1. The van der Waals surface area contributed by atoms with Crippen molar-refractivity contribution in [3.63, 3.8) is 0 Å². The number of fused-ring (bicyclic) bond motifs is 1. The maximum atomic E-state index is 15.1. The first-order valence-corrected chi connectivity index (χ1v) is 10.1. The van der Waals surface area contributed by atoms with Gasteiger partial charge in [0.25, 0.3) is 0 Å². The molecule has 7 nitrogen and oxygen atoms in total. The van der Waals surface area contributed by atoms with Crippen molar-refractivity contribution >= 4 is 16.9 Å². The summed E-state index contributed by atoms with van der Waals surface area (Å²) in [6.07, 6.45) is 4.07. The van der Waals surface area contributed by atoms with Crippen LogP contribution in [-0.4, -0.2) is 53.5 Å². The second-order valence-corrected chi connectivity index (χ2v) is 7.81. The van der Waals surface area contributed by atoms with Gasteiger partial charge in [-0.2, -0.15) is 0 Å². The fourth-order valence-corrected chi connectivity index (χ4v) is 4.28. The van der Waals surface area contributed by atoms with Crippen molar-refractivity contribution in [1.82, 2.24) is 14.8 Å². The predicted octanol–water partition coefficient (Wildman–Crippen LogP) is 2.50. The molecule has 2 aliphatic rings. The van der Waals surface area contributed by atoms with E-state index in [0.29, 0.717) is 24.2 Å². The van der Waals surface area contributed by atoms with Crippen LogP contribution in [0.5, 0.6) is 0 Å². The van der Waals surface area contributed by atoms with Crippen LogP contribution in [0.1, 0.15) is 54.2 Å². The minimum atomic E-state index is -1.29. The van der Waals surface area contributed by atoms with Crippen LogP contribution in [0.4, 0.5) is 4.39 Å². The average molecular weight is 403 g/mol. The highest BCUT2D eigenvalue weighted by Crippen LogP contribution is 2.38. The molecule has 29 heavy (non-hydrogen) atoms. The molecule has 1 aromatic heterocycles. The van der Waals surface area contributed by atoms with Crippen molar-refractivity contribution in [3.8, 4) is 0 Å². The van der Waals surface area contributed by atoms with Crippen LogP contribution in [0.25, 0.3) is 10.9 Å². The lowest BCUT2D eigenvalue weighted by Crippen LogP contribution is -2.50. The lowest BCUT2D eigenvalue weighted by molar-refractivity contribution is -0.0474. The Morgan fingerprint density at radius 1 is 1.41 bits per heavy atom. The van der Waals surface area contributed by atoms with Crippen LogP contribution in [-0.2, 0) is 4.74 Å². The van der Waals surface area contributed by atoms with E-state index in [-0.39, 0.29) is 29.3 Å². The summed E-state index contributed by atoms with van der Waals surface area (Å²) < 4.78 is 22.4. The highest BCUT2D eigenvalue weighted by Gasteiger charge is 2.30. The van der Waals surface area contributed by atoms with Crippen molar-refractivity contribution in [2.24, 2.45) is 0 Å².